The van der Waals surface area contributed by atoms with Crippen molar-refractivity contribution in [3.05, 3.63) is 29.3 Å². The number of amides is 1. The summed E-state index contributed by atoms with van der Waals surface area (Å²) in [6.45, 7) is 2.11. The van der Waals surface area contributed by atoms with Gasteiger partial charge in [-0.2, -0.15) is 13.2 Å². The number of nitrogen functional groups attached to an aromatic ring is 1. The minimum absolute atomic E-state index is 0.00256. The highest BCUT2D eigenvalue weighted by Gasteiger charge is 2.31. The standard InChI is InChI=1S/C13H17F3N2O2/c1-3-9(7-20-2)18-12(19)10-6-8(13(14,15)16)4-5-11(10)17/h4-6,9H,3,7,17H2,1-2H3,(H,18,19). The Balaban J connectivity index is 2.97. The number of nitrogens with one attached hydrogen (secondary N) is 1. The van der Waals surface area contributed by atoms with Crippen molar-refractivity contribution in [2.24, 2.45) is 0 Å². The number of alkyl halides is 3. The van der Waals surface area contributed by atoms with Crippen LogP contribution in [0.2, 0.25) is 0 Å². The Morgan fingerprint density at radius 2 is 2.10 bits per heavy atom. The fourth-order valence-electron chi connectivity index (χ4n) is 1.66. The van der Waals surface area contributed by atoms with E-state index in [9.17, 15) is 18.0 Å². The van der Waals surface area contributed by atoms with Gasteiger partial charge >= 0.3 is 6.18 Å². The molecule has 1 unspecified atom stereocenters. The second-order valence-corrected chi connectivity index (χ2v) is 4.33. The van der Waals surface area contributed by atoms with Gasteiger partial charge in [0.25, 0.3) is 5.91 Å². The van der Waals surface area contributed by atoms with Gasteiger partial charge in [-0.1, -0.05) is 6.92 Å². The lowest BCUT2D eigenvalue weighted by atomic mass is 10.1. The number of anilines is 1. The van der Waals surface area contributed by atoms with Gasteiger partial charge in [-0.05, 0) is 24.6 Å². The average molecular weight is 290 g/mol. The van der Waals surface area contributed by atoms with Crippen LogP contribution in [0.15, 0.2) is 18.2 Å². The van der Waals surface area contributed by atoms with E-state index in [2.05, 4.69) is 5.32 Å². The van der Waals surface area contributed by atoms with Gasteiger partial charge in [0, 0.05) is 12.8 Å². The first-order chi connectivity index (χ1) is 9.29. The Morgan fingerprint density at radius 3 is 2.60 bits per heavy atom. The van der Waals surface area contributed by atoms with Crippen molar-refractivity contribution >= 4 is 11.6 Å². The highest BCUT2D eigenvalue weighted by molar-refractivity contribution is 5.99. The average Bonchev–Trinajstić information content (AvgIpc) is 2.37. The topological polar surface area (TPSA) is 64.3 Å². The first-order valence-electron chi connectivity index (χ1n) is 6.06. The number of carbonyl (C=O) groups is 1. The summed E-state index contributed by atoms with van der Waals surface area (Å²) in [7, 11) is 1.48. The summed E-state index contributed by atoms with van der Waals surface area (Å²) in [6, 6.07) is 2.40. The minimum atomic E-state index is -4.51. The van der Waals surface area contributed by atoms with Gasteiger partial charge in [-0.3, -0.25) is 4.79 Å². The number of halogens is 3. The van der Waals surface area contributed by atoms with E-state index in [1.807, 2.05) is 6.92 Å². The molecule has 7 heteroatoms. The molecule has 0 spiro atoms. The Morgan fingerprint density at radius 1 is 1.45 bits per heavy atom. The van der Waals surface area contributed by atoms with E-state index < -0.39 is 17.6 Å². The minimum Gasteiger partial charge on any atom is -0.398 e. The van der Waals surface area contributed by atoms with Crippen molar-refractivity contribution in [2.45, 2.75) is 25.6 Å². The molecule has 3 N–H and O–H groups in total. The fraction of sp³-hybridized carbons (Fsp3) is 0.462. The lowest BCUT2D eigenvalue weighted by Gasteiger charge is -2.17. The fourth-order valence-corrected chi connectivity index (χ4v) is 1.66. The number of benzene rings is 1. The summed E-state index contributed by atoms with van der Waals surface area (Å²) in [6.07, 6.45) is -3.92. The number of nitrogens with two attached hydrogens (primary N) is 1. The third kappa shape index (κ3) is 4.12. The molecular formula is C13H17F3N2O2. The van der Waals surface area contributed by atoms with Crippen LogP contribution in [0.1, 0.15) is 29.3 Å². The van der Waals surface area contributed by atoms with Crippen LogP contribution in [0.5, 0.6) is 0 Å². The Labute approximate surface area is 115 Å². The molecule has 0 bridgehead atoms. The number of hydrogen-bond donors (Lipinski definition) is 2. The monoisotopic (exact) mass is 290 g/mol. The van der Waals surface area contributed by atoms with Gasteiger partial charge in [-0.25, -0.2) is 0 Å². The molecule has 4 nitrogen and oxygen atoms in total. The number of carbonyl (C=O) groups excluding carboxylic acids is 1. The molecular weight excluding hydrogens is 273 g/mol. The van der Waals surface area contributed by atoms with Gasteiger partial charge in [0.2, 0.25) is 0 Å². The molecule has 1 rings (SSSR count). The van der Waals surface area contributed by atoms with Gasteiger partial charge in [0.05, 0.1) is 23.8 Å². The molecule has 0 radical (unpaired) electrons. The Bertz CT molecular complexity index is 475. The van der Waals surface area contributed by atoms with Crippen molar-refractivity contribution in [1.82, 2.24) is 5.32 Å². The van der Waals surface area contributed by atoms with E-state index in [-0.39, 0.29) is 23.9 Å². The lowest BCUT2D eigenvalue weighted by Crippen LogP contribution is -2.37. The zero-order valence-electron chi connectivity index (χ0n) is 11.3. The van der Waals surface area contributed by atoms with Crippen LogP contribution in [-0.4, -0.2) is 25.7 Å². The molecule has 0 aliphatic heterocycles. The number of methoxy groups -OCH3 is 1. The highest BCUT2D eigenvalue weighted by atomic mass is 19.4. The van der Waals surface area contributed by atoms with Crippen LogP contribution >= 0.6 is 0 Å². The summed E-state index contributed by atoms with van der Waals surface area (Å²) < 4.78 is 42.8. The van der Waals surface area contributed by atoms with Crippen molar-refractivity contribution in [2.75, 3.05) is 19.5 Å². The van der Waals surface area contributed by atoms with Crippen molar-refractivity contribution in [3.63, 3.8) is 0 Å². The second-order valence-electron chi connectivity index (χ2n) is 4.33. The van der Waals surface area contributed by atoms with Gasteiger partial charge < -0.3 is 15.8 Å². The third-order valence-corrected chi connectivity index (χ3v) is 2.82. The molecule has 1 amide bonds. The Hall–Kier alpha value is -1.76. The molecule has 20 heavy (non-hydrogen) atoms. The highest BCUT2D eigenvalue weighted by Crippen LogP contribution is 2.31. The van der Waals surface area contributed by atoms with Crippen molar-refractivity contribution in [1.29, 1.82) is 0 Å². The smallest absolute Gasteiger partial charge is 0.398 e. The molecule has 0 saturated carbocycles. The molecule has 112 valence electrons. The first kappa shape index (κ1) is 16.3. The van der Waals surface area contributed by atoms with E-state index in [0.717, 1.165) is 18.2 Å². The Kier molecular flexibility index (Phi) is 5.38. The molecule has 0 saturated heterocycles. The normalized spacial score (nSPS) is 13.1. The zero-order valence-corrected chi connectivity index (χ0v) is 11.3. The van der Waals surface area contributed by atoms with Crippen LogP contribution in [0.4, 0.5) is 18.9 Å². The quantitative estimate of drug-likeness (QED) is 0.819. The maximum Gasteiger partial charge on any atom is 0.416 e. The predicted molar refractivity (Wildman–Crippen MR) is 69.3 cm³/mol. The van der Waals surface area contributed by atoms with Crippen LogP contribution in [0.3, 0.4) is 0 Å². The van der Waals surface area contributed by atoms with E-state index in [0.29, 0.717) is 6.42 Å². The van der Waals surface area contributed by atoms with Gasteiger partial charge in [-0.15, -0.1) is 0 Å². The number of hydrogen-bond acceptors (Lipinski definition) is 3. The molecule has 0 aromatic heterocycles. The van der Waals surface area contributed by atoms with Gasteiger partial charge in [0.15, 0.2) is 0 Å². The third-order valence-electron chi connectivity index (χ3n) is 2.82. The summed E-state index contributed by atoms with van der Waals surface area (Å²) in [5.74, 6) is -0.641. The summed E-state index contributed by atoms with van der Waals surface area (Å²) >= 11 is 0. The van der Waals surface area contributed by atoms with Crippen molar-refractivity contribution in [3.8, 4) is 0 Å². The van der Waals surface area contributed by atoms with Crippen molar-refractivity contribution < 1.29 is 22.7 Å². The van der Waals surface area contributed by atoms with E-state index in [1.165, 1.54) is 7.11 Å². The second kappa shape index (κ2) is 6.60. The first-order valence-corrected chi connectivity index (χ1v) is 6.06. The van der Waals surface area contributed by atoms with Crippen LogP contribution in [0, 0.1) is 0 Å². The van der Waals surface area contributed by atoms with E-state index in [4.69, 9.17) is 10.5 Å². The summed E-state index contributed by atoms with van der Waals surface area (Å²) in [5.41, 5.74) is 4.48. The van der Waals surface area contributed by atoms with Crippen LogP contribution in [-0.2, 0) is 10.9 Å². The molecule has 1 aromatic rings. The zero-order chi connectivity index (χ0) is 15.3. The van der Waals surface area contributed by atoms with E-state index in [1.54, 1.807) is 0 Å². The number of ether oxygens (including phenoxy) is 1. The maximum absolute atomic E-state index is 12.6. The predicted octanol–water partition coefficient (Wildman–Crippen LogP) is 2.44. The molecule has 0 fully saturated rings. The molecule has 1 aromatic carbocycles. The number of rotatable bonds is 5. The SMILES string of the molecule is CCC(COC)NC(=O)c1cc(C(F)(F)F)ccc1N. The molecule has 0 heterocycles. The molecule has 0 aliphatic rings. The van der Waals surface area contributed by atoms with Crippen LogP contribution in [0.25, 0.3) is 0 Å². The largest absolute Gasteiger partial charge is 0.416 e. The van der Waals surface area contributed by atoms with Crippen LogP contribution < -0.4 is 11.1 Å². The summed E-state index contributed by atoms with van der Waals surface area (Å²) in [5, 5.41) is 2.59. The molecule has 1 atom stereocenters. The van der Waals surface area contributed by atoms with E-state index >= 15 is 0 Å². The maximum atomic E-state index is 12.6. The lowest BCUT2D eigenvalue weighted by molar-refractivity contribution is -0.137. The molecule has 0 aliphatic carbocycles. The van der Waals surface area contributed by atoms with Gasteiger partial charge in [0.1, 0.15) is 0 Å². The summed E-state index contributed by atoms with van der Waals surface area (Å²) in [4.78, 5) is 12.0.